The number of hydrogen-bond acceptors (Lipinski definition) is 5. The van der Waals surface area contributed by atoms with Gasteiger partial charge in [0.25, 0.3) is 5.91 Å². The van der Waals surface area contributed by atoms with Gasteiger partial charge in [0.2, 0.25) is 5.75 Å². The predicted molar refractivity (Wildman–Crippen MR) is 109 cm³/mol. The zero-order valence-electron chi connectivity index (χ0n) is 16.6. The van der Waals surface area contributed by atoms with Crippen LogP contribution in [0.25, 0.3) is 10.8 Å². The Morgan fingerprint density at radius 3 is 2.46 bits per heavy atom. The van der Waals surface area contributed by atoms with Gasteiger partial charge in [-0.1, -0.05) is 37.1 Å². The van der Waals surface area contributed by atoms with Gasteiger partial charge in [0.1, 0.15) is 0 Å². The number of nitrogens with zero attached hydrogens (tertiary/aromatic N) is 3. The van der Waals surface area contributed by atoms with Crippen LogP contribution in [0.15, 0.2) is 36.4 Å². The average molecular weight is 385 g/mol. The van der Waals surface area contributed by atoms with E-state index in [0.717, 1.165) is 24.6 Å². The molecule has 1 saturated carbocycles. The lowest BCUT2D eigenvalue weighted by Gasteiger charge is -2.41. The first kappa shape index (κ1) is 20.1. The van der Waals surface area contributed by atoms with Gasteiger partial charge in [-0.25, -0.2) is 0 Å². The van der Waals surface area contributed by atoms with E-state index >= 15 is 0 Å². The molecule has 0 heterocycles. The highest BCUT2D eigenvalue weighted by Gasteiger charge is 2.32. The van der Waals surface area contributed by atoms with Crippen molar-refractivity contribution in [2.75, 3.05) is 27.7 Å². The van der Waals surface area contributed by atoms with Crippen LogP contribution in [0.2, 0.25) is 0 Å². The van der Waals surface area contributed by atoms with Crippen molar-refractivity contribution in [2.45, 2.75) is 37.8 Å². The van der Waals surface area contributed by atoms with Gasteiger partial charge in [0.15, 0.2) is 6.61 Å². The van der Waals surface area contributed by atoms with Crippen molar-refractivity contribution in [2.24, 2.45) is 0 Å². The normalized spacial score (nSPS) is 19.6. The highest BCUT2D eigenvalue weighted by atomic mass is 16.6. The second-order valence-electron chi connectivity index (χ2n) is 7.57. The van der Waals surface area contributed by atoms with Gasteiger partial charge in [-0.15, -0.1) is 0 Å². The molecule has 7 nitrogen and oxygen atoms in total. The molecular formula is C21H27N3O4. The summed E-state index contributed by atoms with van der Waals surface area (Å²) < 4.78 is 5.73. The number of nitro groups is 1. The zero-order valence-corrected chi connectivity index (χ0v) is 16.6. The van der Waals surface area contributed by atoms with E-state index < -0.39 is 4.92 Å². The second-order valence-corrected chi connectivity index (χ2v) is 7.57. The highest BCUT2D eigenvalue weighted by molar-refractivity contribution is 5.92. The number of hydrogen-bond donors (Lipinski definition) is 0. The van der Waals surface area contributed by atoms with Crippen molar-refractivity contribution in [1.82, 2.24) is 9.80 Å². The van der Waals surface area contributed by atoms with Crippen LogP contribution in [0.3, 0.4) is 0 Å². The van der Waals surface area contributed by atoms with Crippen LogP contribution in [0, 0.1) is 10.1 Å². The molecule has 2 atom stereocenters. The van der Waals surface area contributed by atoms with E-state index in [9.17, 15) is 14.9 Å². The smallest absolute Gasteiger partial charge is 0.311 e. The van der Waals surface area contributed by atoms with Crippen LogP contribution in [-0.2, 0) is 4.79 Å². The molecule has 1 fully saturated rings. The van der Waals surface area contributed by atoms with Gasteiger partial charge in [-0.2, -0.15) is 0 Å². The summed E-state index contributed by atoms with van der Waals surface area (Å²) in [5, 5.41) is 12.9. The van der Waals surface area contributed by atoms with Crippen molar-refractivity contribution in [3.8, 4) is 5.75 Å². The van der Waals surface area contributed by atoms with E-state index in [1.807, 2.05) is 26.2 Å². The molecule has 1 aliphatic carbocycles. The summed E-state index contributed by atoms with van der Waals surface area (Å²) in [6.45, 7) is -0.220. The number of benzene rings is 2. The Balaban J connectivity index is 1.79. The van der Waals surface area contributed by atoms with Gasteiger partial charge in [-0.3, -0.25) is 14.9 Å². The largest absolute Gasteiger partial charge is 0.476 e. The maximum Gasteiger partial charge on any atom is 0.311 e. The lowest BCUT2D eigenvalue weighted by Crippen LogP contribution is -2.52. The Hall–Kier alpha value is -2.67. The summed E-state index contributed by atoms with van der Waals surface area (Å²) in [7, 11) is 5.88. The van der Waals surface area contributed by atoms with Crippen LogP contribution >= 0.6 is 0 Å². The number of nitro benzene ring substituents is 1. The fourth-order valence-electron chi connectivity index (χ4n) is 4.09. The third kappa shape index (κ3) is 4.09. The van der Waals surface area contributed by atoms with E-state index in [1.54, 1.807) is 30.1 Å². The summed E-state index contributed by atoms with van der Waals surface area (Å²) in [5.41, 5.74) is -0.127. The SMILES string of the molecule is CN(C)[C@@H]1CCCC[C@H]1N(C)C(=O)COc1c([N+](=O)[O-])ccc2ccccc12. The van der Waals surface area contributed by atoms with E-state index in [-0.39, 0.29) is 30.0 Å². The Morgan fingerprint density at radius 1 is 1.11 bits per heavy atom. The molecule has 0 saturated heterocycles. The monoisotopic (exact) mass is 385 g/mol. The number of fused-ring (bicyclic) bond motifs is 1. The Morgan fingerprint density at radius 2 is 1.79 bits per heavy atom. The van der Waals surface area contributed by atoms with E-state index in [1.165, 1.54) is 12.5 Å². The van der Waals surface area contributed by atoms with Crippen molar-refractivity contribution in [3.05, 3.63) is 46.5 Å². The molecule has 2 aromatic carbocycles. The van der Waals surface area contributed by atoms with Crippen molar-refractivity contribution >= 4 is 22.4 Å². The summed E-state index contributed by atoms with van der Waals surface area (Å²) in [6.07, 6.45) is 4.28. The molecular weight excluding hydrogens is 358 g/mol. The molecule has 0 aliphatic heterocycles. The van der Waals surface area contributed by atoms with Gasteiger partial charge in [0.05, 0.1) is 4.92 Å². The Kier molecular flexibility index (Phi) is 6.14. The molecule has 0 spiro atoms. The second kappa shape index (κ2) is 8.56. The lowest BCUT2D eigenvalue weighted by molar-refractivity contribution is -0.385. The quantitative estimate of drug-likeness (QED) is 0.562. The number of rotatable bonds is 6. The molecule has 0 unspecified atom stereocenters. The van der Waals surface area contributed by atoms with Crippen LogP contribution in [0.4, 0.5) is 5.69 Å². The summed E-state index contributed by atoms with van der Waals surface area (Å²) >= 11 is 0. The summed E-state index contributed by atoms with van der Waals surface area (Å²) in [6, 6.07) is 10.9. The number of carbonyl (C=O) groups is 1. The van der Waals surface area contributed by atoms with Crippen LogP contribution < -0.4 is 4.74 Å². The van der Waals surface area contributed by atoms with E-state index in [0.29, 0.717) is 11.4 Å². The minimum atomic E-state index is -0.473. The Labute approximate surface area is 165 Å². The molecule has 150 valence electrons. The standard InChI is InChI=1S/C21H27N3O4/c1-22(2)17-10-6-7-11-18(17)23(3)20(25)14-28-21-16-9-5-4-8-15(16)12-13-19(21)24(26)27/h4-5,8-9,12-13,17-18H,6-7,10-11,14H2,1-3H3/t17-,18-/m1/s1. The molecule has 3 rings (SSSR count). The fourth-order valence-corrected chi connectivity index (χ4v) is 4.09. The summed E-state index contributed by atoms with van der Waals surface area (Å²) in [4.78, 5) is 27.7. The first-order valence-corrected chi connectivity index (χ1v) is 9.61. The van der Waals surface area contributed by atoms with Crippen LogP contribution in [0.5, 0.6) is 5.75 Å². The van der Waals surface area contributed by atoms with Crippen molar-refractivity contribution in [1.29, 1.82) is 0 Å². The average Bonchev–Trinajstić information content (AvgIpc) is 2.70. The predicted octanol–water partition coefficient (Wildman–Crippen LogP) is 3.46. The third-order valence-corrected chi connectivity index (χ3v) is 5.64. The van der Waals surface area contributed by atoms with Gasteiger partial charge >= 0.3 is 5.69 Å². The minimum Gasteiger partial charge on any atom is -0.476 e. The third-order valence-electron chi connectivity index (χ3n) is 5.64. The maximum atomic E-state index is 12.8. The molecule has 0 N–H and O–H groups in total. The van der Waals surface area contributed by atoms with Gasteiger partial charge in [0, 0.05) is 30.6 Å². The summed E-state index contributed by atoms with van der Waals surface area (Å²) in [5.74, 6) is -0.0152. The fraction of sp³-hybridized carbons (Fsp3) is 0.476. The molecule has 2 aromatic rings. The maximum absolute atomic E-state index is 12.8. The first-order valence-electron chi connectivity index (χ1n) is 9.61. The van der Waals surface area contributed by atoms with Crippen LogP contribution in [0.1, 0.15) is 25.7 Å². The van der Waals surface area contributed by atoms with Crippen LogP contribution in [-0.4, -0.2) is 60.5 Å². The topological polar surface area (TPSA) is 75.9 Å². The molecule has 28 heavy (non-hydrogen) atoms. The first-order chi connectivity index (χ1) is 13.4. The molecule has 1 aliphatic rings. The van der Waals surface area contributed by atoms with Gasteiger partial charge < -0.3 is 14.5 Å². The Bertz CT molecular complexity index is 868. The van der Waals surface area contributed by atoms with E-state index in [2.05, 4.69) is 4.90 Å². The van der Waals surface area contributed by atoms with Gasteiger partial charge in [-0.05, 0) is 38.4 Å². The minimum absolute atomic E-state index is 0.127. The lowest BCUT2D eigenvalue weighted by atomic mass is 9.88. The number of ether oxygens (including phenoxy) is 1. The molecule has 0 aromatic heterocycles. The molecule has 7 heteroatoms. The highest BCUT2D eigenvalue weighted by Crippen LogP contribution is 2.35. The number of likely N-dealkylation sites (N-methyl/N-ethyl adjacent to an activating group) is 2. The number of carbonyl (C=O) groups excluding carboxylic acids is 1. The molecule has 1 amide bonds. The number of amides is 1. The molecule has 0 radical (unpaired) electrons. The zero-order chi connectivity index (χ0) is 20.3. The van der Waals surface area contributed by atoms with E-state index in [4.69, 9.17) is 4.74 Å². The molecule has 0 bridgehead atoms. The van der Waals surface area contributed by atoms with Crippen molar-refractivity contribution in [3.63, 3.8) is 0 Å². The van der Waals surface area contributed by atoms with Crippen molar-refractivity contribution < 1.29 is 14.5 Å².